The Kier molecular flexibility index (Phi) is 6.22. The molecule has 1 heterocycles. The van der Waals surface area contributed by atoms with E-state index in [9.17, 15) is 14.4 Å². The Bertz CT molecular complexity index is 910. The van der Waals surface area contributed by atoms with Gasteiger partial charge in [-0.15, -0.1) is 0 Å². The molecule has 1 aromatic heterocycles. The Labute approximate surface area is 150 Å². The van der Waals surface area contributed by atoms with Gasteiger partial charge < -0.3 is 10.1 Å². The third-order valence-electron chi connectivity index (χ3n) is 3.69. The van der Waals surface area contributed by atoms with E-state index in [0.29, 0.717) is 23.2 Å². The maximum absolute atomic E-state index is 12.3. The van der Waals surface area contributed by atoms with Gasteiger partial charge >= 0.3 is 5.97 Å². The molecular formula is C18H18N4O4. The Morgan fingerprint density at radius 2 is 2.00 bits per heavy atom. The first kappa shape index (κ1) is 18.9. The second-order valence-corrected chi connectivity index (χ2v) is 5.50. The summed E-state index contributed by atoms with van der Waals surface area (Å²) in [6.45, 7) is 0.242. The Morgan fingerprint density at radius 3 is 2.62 bits per heavy atom. The third-order valence-corrected chi connectivity index (χ3v) is 3.69. The van der Waals surface area contributed by atoms with Gasteiger partial charge in [0.05, 0.1) is 24.4 Å². The van der Waals surface area contributed by atoms with Gasteiger partial charge in [-0.3, -0.25) is 14.4 Å². The average molecular weight is 354 g/mol. The molecule has 0 saturated carbocycles. The Balaban J connectivity index is 2.19. The van der Waals surface area contributed by atoms with Crippen molar-refractivity contribution < 1.29 is 14.3 Å². The van der Waals surface area contributed by atoms with Gasteiger partial charge in [0.15, 0.2) is 0 Å². The summed E-state index contributed by atoms with van der Waals surface area (Å²) in [7, 11) is 2.76. The molecule has 1 amide bonds. The molecule has 0 atom stereocenters. The Hall–Kier alpha value is -3.47. The van der Waals surface area contributed by atoms with E-state index in [1.54, 1.807) is 24.3 Å². The predicted octanol–water partition coefficient (Wildman–Crippen LogP) is 1.00. The lowest BCUT2D eigenvalue weighted by Gasteiger charge is -2.08. The van der Waals surface area contributed by atoms with Crippen molar-refractivity contribution in [1.29, 1.82) is 5.26 Å². The minimum absolute atomic E-state index is 0.0417. The minimum Gasteiger partial charge on any atom is -0.469 e. The highest BCUT2D eigenvalue weighted by atomic mass is 16.5. The van der Waals surface area contributed by atoms with Crippen molar-refractivity contribution >= 4 is 11.9 Å². The van der Waals surface area contributed by atoms with Crippen molar-refractivity contribution in [3.63, 3.8) is 0 Å². The van der Waals surface area contributed by atoms with Crippen LogP contribution in [0.3, 0.4) is 0 Å². The molecule has 8 nitrogen and oxygen atoms in total. The second kappa shape index (κ2) is 8.58. The van der Waals surface area contributed by atoms with E-state index >= 15 is 0 Å². The number of benzene rings is 1. The standard InChI is InChI=1S/C18H18N4O4/c1-22-18(25)14(17(24)20-9-3-4-16(23)26-2)10-15(21-22)13-7-5-12(11-19)6-8-13/h5-8,10H,3-4,9H2,1-2H3,(H,20,24). The number of hydrogen-bond acceptors (Lipinski definition) is 6. The van der Waals surface area contributed by atoms with Crippen LogP contribution in [-0.4, -0.2) is 35.3 Å². The molecule has 0 saturated heterocycles. The molecule has 0 spiro atoms. The zero-order valence-corrected chi connectivity index (χ0v) is 14.5. The monoisotopic (exact) mass is 354 g/mol. The van der Waals surface area contributed by atoms with E-state index in [0.717, 1.165) is 4.68 Å². The average Bonchev–Trinajstić information content (AvgIpc) is 2.66. The first-order valence-corrected chi connectivity index (χ1v) is 7.90. The number of carbonyl (C=O) groups excluding carboxylic acids is 2. The molecule has 0 fully saturated rings. The number of carbonyl (C=O) groups is 2. The maximum Gasteiger partial charge on any atom is 0.305 e. The molecule has 1 N–H and O–H groups in total. The molecule has 1 aromatic carbocycles. The van der Waals surface area contributed by atoms with Gasteiger partial charge in [0, 0.05) is 25.6 Å². The number of esters is 1. The van der Waals surface area contributed by atoms with Crippen LogP contribution in [-0.2, 0) is 16.6 Å². The summed E-state index contributed by atoms with van der Waals surface area (Å²) in [4.78, 5) is 35.6. The normalized spacial score (nSPS) is 10.0. The van der Waals surface area contributed by atoms with Crippen LogP contribution in [0.15, 0.2) is 35.1 Å². The number of nitriles is 1. The van der Waals surface area contributed by atoms with Crippen molar-refractivity contribution in [1.82, 2.24) is 15.1 Å². The van der Waals surface area contributed by atoms with Crippen molar-refractivity contribution in [3.8, 4) is 17.3 Å². The summed E-state index contributed by atoms with van der Waals surface area (Å²) >= 11 is 0. The highest BCUT2D eigenvalue weighted by Crippen LogP contribution is 2.17. The Morgan fingerprint density at radius 1 is 1.31 bits per heavy atom. The fourth-order valence-corrected chi connectivity index (χ4v) is 2.26. The largest absolute Gasteiger partial charge is 0.469 e. The van der Waals surface area contributed by atoms with Crippen molar-refractivity contribution in [2.75, 3.05) is 13.7 Å². The summed E-state index contributed by atoms with van der Waals surface area (Å²) in [6.07, 6.45) is 0.591. The molecule has 0 bridgehead atoms. The number of aryl methyl sites for hydroxylation is 1. The number of aromatic nitrogens is 2. The van der Waals surface area contributed by atoms with Crippen LogP contribution in [0, 0.1) is 11.3 Å². The molecule has 0 radical (unpaired) electrons. The number of amides is 1. The molecule has 0 unspecified atom stereocenters. The van der Waals surface area contributed by atoms with Crippen LogP contribution in [0.2, 0.25) is 0 Å². The topological polar surface area (TPSA) is 114 Å². The SMILES string of the molecule is COC(=O)CCCNC(=O)c1cc(-c2ccc(C#N)cc2)nn(C)c1=O. The molecule has 0 aliphatic rings. The first-order chi connectivity index (χ1) is 12.5. The first-order valence-electron chi connectivity index (χ1n) is 7.90. The van der Waals surface area contributed by atoms with Crippen LogP contribution in [0.25, 0.3) is 11.3 Å². The van der Waals surface area contributed by atoms with Gasteiger partial charge in [-0.25, -0.2) is 4.68 Å². The minimum atomic E-state index is -0.534. The number of nitrogens with one attached hydrogen (secondary N) is 1. The van der Waals surface area contributed by atoms with E-state index in [-0.39, 0.29) is 24.5 Å². The van der Waals surface area contributed by atoms with Crippen LogP contribution in [0.5, 0.6) is 0 Å². The number of nitrogens with zero attached hydrogens (tertiary/aromatic N) is 3. The van der Waals surface area contributed by atoms with Gasteiger partial charge in [0.1, 0.15) is 5.56 Å². The molecule has 26 heavy (non-hydrogen) atoms. The van der Waals surface area contributed by atoms with E-state index in [2.05, 4.69) is 15.2 Å². The van der Waals surface area contributed by atoms with Crippen LogP contribution >= 0.6 is 0 Å². The van der Waals surface area contributed by atoms with Crippen LogP contribution < -0.4 is 10.9 Å². The smallest absolute Gasteiger partial charge is 0.305 e. The van der Waals surface area contributed by atoms with Crippen molar-refractivity contribution in [2.45, 2.75) is 12.8 Å². The highest BCUT2D eigenvalue weighted by Gasteiger charge is 2.15. The number of methoxy groups -OCH3 is 1. The van der Waals surface area contributed by atoms with Gasteiger partial charge in [0.25, 0.3) is 11.5 Å². The van der Waals surface area contributed by atoms with E-state index in [4.69, 9.17) is 5.26 Å². The molecule has 2 aromatic rings. The fourth-order valence-electron chi connectivity index (χ4n) is 2.26. The third kappa shape index (κ3) is 4.54. The summed E-state index contributed by atoms with van der Waals surface area (Å²) in [5.74, 6) is -0.894. The lowest BCUT2D eigenvalue weighted by atomic mass is 10.1. The summed E-state index contributed by atoms with van der Waals surface area (Å²) < 4.78 is 5.62. The van der Waals surface area contributed by atoms with Crippen molar-refractivity contribution in [3.05, 3.63) is 51.8 Å². The zero-order chi connectivity index (χ0) is 19.1. The number of ether oxygens (including phenoxy) is 1. The zero-order valence-electron chi connectivity index (χ0n) is 14.5. The summed E-state index contributed by atoms with van der Waals surface area (Å²) in [5.41, 5.74) is 1.06. The quantitative estimate of drug-likeness (QED) is 0.611. The molecule has 0 aliphatic carbocycles. The maximum atomic E-state index is 12.3. The van der Waals surface area contributed by atoms with Gasteiger partial charge in [-0.05, 0) is 24.6 Å². The van der Waals surface area contributed by atoms with E-state index in [1.165, 1.54) is 20.2 Å². The van der Waals surface area contributed by atoms with Gasteiger partial charge in [-0.2, -0.15) is 10.4 Å². The lowest BCUT2D eigenvalue weighted by Crippen LogP contribution is -2.34. The summed E-state index contributed by atoms with van der Waals surface area (Å²) in [5, 5.41) is 15.6. The number of rotatable bonds is 6. The lowest BCUT2D eigenvalue weighted by molar-refractivity contribution is -0.140. The number of hydrogen-bond donors (Lipinski definition) is 1. The molecule has 2 rings (SSSR count). The van der Waals surface area contributed by atoms with E-state index in [1.807, 2.05) is 6.07 Å². The van der Waals surface area contributed by atoms with Crippen molar-refractivity contribution in [2.24, 2.45) is 7.05 Å². The predicted molar refractivity (Wildman–Crippen MR) is 93.2 cm³/mol. The molecule has 8 heteroatoms. The summed E-state index contributed by atoms with van der Waals surface area (Å²) in [6, 6.07) is 10.1. The van der Waals surface area contributed by atoms with E-state index < -0.39 is 11.5 Å². The van der Waals surface area contributed by atoms with Gasteiger partial charge in [-0.1, -0.05) is 12.1 Å². The molecular weight excluding hydrogens is 336 g/mol. The molecule has 134 valence electrons. The highest BCUT2D eigenvalue weighted by molar-refractivity contribution is 5.94. The second-order valence-electron chi connectivity index (χ2n) is 5.50. The van der Waals surface area contributed by atoms with Crippen LogP contribution in [0.1, 0.15) is 28.8 Å². The fraction of sp³-hybridized carbons (Fsp3) is 0.278. The van der Waals surface area contributed by atoms with Gasteiger partial charge in [0.2, 0.25) is 0 Å². The van der Waals surface area contributed by atoms with Crippen LogP contribution in [0.4, 0.5) is 0 Å². The molecule has 0 aliphatic heterocycles.